The molecule has 0 bridgehead atoms. The molecule has 1 saturated heterocycles. The Kier molecular flexibility index (Phi) is 5.49. The number of nitrogens with zero attached hydrogens (tertiary/aromatic N) is 1. The minimum absolute atomic E-state index is 0.184. The molecule has 0 saturated carbocycles. The number of carbonyl (C=O) groups excluding carboxylic acids is 2. The Morgan fingerprint density at radius 2 is 1.69 bits per heavy atom. The SMILES string of the molecule is CCOC(c1ccccc1)N1C(=O)[C@H](C(C)O)[C@H]1C(=O)c1ccccc1. The van der Waals surface area contributed by atoms with Crippen LogP contribution in [0.5, 0.6) is 0 Å². The first-order valence-electron chi connectivity index (χ1n) is 8.82. The van der Waals surface area contributed by atoms with E-state index in [2.05, 4.69) is 0 Å². The lowest BCUT2D eigenvalue weighted by molar-refractivity contribution is -0.186. The van der Waals surface area contributed by atoms with E-state index in [-0.39, 0.29) is 11.7 Å². The number of carbonyl (C=O) groups is 2. The van der Waals surface area contributed by atoms with E-state index in [0.29, 0.717) is 12.2 Å². The third kappa shape index (κ3) is 3.28. The van der Waals surface area contributed by atoms with Crippen LogP contribution in [0.1, 0.15) is 36.0 Å². The van der Waals surface area contributed by atoms with E-state index in [1.54, 1.807) is 31.2 Å². The zero-order valence-corrected chi connectivity index (χ0v) is 14.9. The van der Waals surface area contributed by atoms with Gasteiger partial charge in [0.1, 0.15) is 6.04 Å². The zero-order chi connectivity index (χ0) is 18.7. The van der Waals surface area contributed by atoms with E-state index in [4.69, 9.17) is 4.74 Å². The molecule has 0 radical (unpaired) electrons. The second-order valence-electron chi connectivity index (χ2n) is 6.41. The number of aliphatic hydroxyl groups is 1. The number of hydrogen-bond donors (Lipinski definition) is 1. The van der Waals surface area contributed by atoms with Gasteiger partial charge in [-0.3, -0.25) is 9.59 Å². The summed E-state index contributed by atoms with van der Waals surface area (Å²) in [6.07, 6.45) is -1.56. The summed E-state index contributed by atoms with van der Waals surface area (Å²) in [7, 11) is 0. The van der Waals surface area contributed by atoms with Crippen molar-refractivity contribution < 1.29 is 19.4 Å². The van der Waals surface area contributed by atoms with Crippen molar-refractivity contribution in [3.05, 3.63) is 71.8 Å². The van der Waals surface area contributed by atoms with Gasteiger partial charge in [-0.05, 0) is 13.8 Å². The highest BCUT2D eigenvalue weighted by molar-refractivity contribution is 6.08. The predicted molar refractivity (Wildman–Crippen MR) is 97.4 cm³/mol. The topological polar surface area (TPSA) is 66.8 Å². The molecule has 1 amide bonds. The molecule has 5 heteroatoms. The maximum atomic E-state index is 13.1. The van der Waals surface area contributed by atoms with Crippen molar-refractivity contribution in [3.8, 4) is 0 Å². The van der Waals surface area contributed by atoms with Gasteiger partial charge in [-0.2, -0.15) is 0 Å². The summed E-state index contributed by atoms with van der Waals surface area (Å²) in [5.74, 6) is -1.21. The van der Waals surface area contributed by atoms with E-state index in [0.717, 1.165) is 5.56 Å². The van der Waals surface area contributed by atoms with Crippen LogP contribution in [0.15, 0.2) is 60.7 Å². The average molecular weight is 353 g/mol. The molecule has 0 aliphatic carbocycles. The van der Waals surface area contributed by atoms with Crippen LogP contribution in [-0.4, -0.2) is 40.4 Å². The molecule has 1 aliphatic rings. The Hall–Kier alpha value is -2.50. The predicted octanol–water partition coefficient (Wildman–Crippen LogP) is 2.81. The van der Waals surface area contributed by atoms with Crippen molar-refractivity contribution in [1.29, 1.82) is 0 Å². The summed E-state index contributed by atoms with van der Waals surface area (Å²) in [5, 5.41) is 10.1. The maximum Gasteiger partial charge on any atom is 0.233 e. The van der Waals surface area contributed by atoms with Crippen molar-refractivity contribution in [1.82, 2.24) is 4.90 Å². The highest BCUT2D eigenvalue weighted by atomic mass is 16.5. The fraction of sp³-hybridized carbons (Fsp3) is 0.333. The third-order valence-corrected chi connectivity index (χ3v) is 4.69. The Labute approximate surface area is 153 Å². The Balaban J connectivity index is 1.97. The number of ether oxygens (including phenoxy) is 1. The van der Waals surface area contributed by atoms with Crippen LogP contribution in [-0.2, 0) is 9.53 Å². The molecule has 0 spiro atoms. The molecule has 2 aromatic carbocycles. The molecule has 136 valence electrons. The minimum atomic E-state index is -0.908. The number of benzene rings is 2. The summed E-state index contributed by atoms with van der Waals surface area (Å²) in [6.45, 7) is 3.79. The molecule has 2 aromatic rings. The van der Waals surface area contributed by atoms with Gasteiger partial charge < -0.3 is 14.7 Å². The van der Waals surface area contributed by atoms with Gasteiger partial charge in [0.2, 0.25) is 5.91 Å². The molecule has 4 atom stereocenters. The van der Waals surface area contributed by atoms with E-state index >= 15 is 0 Å². The van der Waals surface area contributed by atoms with Gasteiger partial charge in [-0.25, -0.2) is 0 Å². The minimum Gasteiger partial charge on any atom is -0.392 e. The Morgan fingerprint density at radius 3 is 2.23 bits per heavy atom. The van der Waals surface area contributed by atoms with E-state index < -0.39 is 24.3 Å². The van der Waals surface area contributed by atoms with Gasteiger partial charge in [0.25, 0.3) is 0 Å². The number of Topliss-reactive ketones (excluding diaryl/α,β-unsaturated/α-hetero) is 1. The molecule has 3 rings (SSSR count). The molecule has 1 heterocycles. The zero-order valence-electron chi connectivity index (χ0n) is 14.9. The molecule has 1 N–H and O–H groups in total. The molecule has 1 fully saturated rings. The van der Waals surface area contributed by atoms with E-state index in [1.807, 2.05) is 43.3 Å². The van der Waals surface area contributed by atoms with Gasteiger partial charge in [0, 0.05) is 17.7 Å². The number of likely N-dealkylation sites (tertiary alicyclic amines) is 1. The molecular weight excluding hydrogens is 330 g/mol. The molecule has 26 heavy (non-hydrogen) atoms. The van der Waals surface area contributed by atoms with Gasteiger partial charge >= 0.3 is 0 Å². The number of ketones is 1. The number of amides is 1. The molecule has 0 aromatic heterocycles. The average Bonchev–Trinajstić information content (AvgIpc) is 2.66. The van der Waals surface area contributed by atoms with Crippen LogP contribution in [0, 0.1) is 5.92 Å². The summed E-state index contributed by atoms with van der Waals surface area (Å²) in [4.78, 5) is 27.3. The molecule has 1 aliphatic heterocycles. The first-order valence-corrected chi connectivity index (χ1v) is 8.82. The summed E-state index contributed by atoms with van der Waals surface area (Å²) >= 11 is 0. The lowest BCUT2D eigenvalue weighted by Crippen LogP contribution is -2.68. The lowest BCUT2D eigenvalue weighted by atomic mass is 9.78. The first kappa shape index (κ1) is 18.3. The number of β-lactam (4-membered cyclic amide) rings is 1. The third-order valence-electron chi connectivity index (χ3n) is 4.69. The number of hydrogen-bond acceptors (Lipinski definition) is 4. The fourth-order valence-electron chi connectivity index (χ4n) is 3.44. The summed E-state index contributed by atoms with van der Waals surface area (Å²) in [6, 6.07) is 17.5. The van der Waals surface area contributed by atoms with Crippen LogP contribution < -0.4 is 0 Å². The van der Waals surface area contributed by atoms with Crippen molar-refractivity contribution >= 4 is 11.7 Å². The monoisotopic (exact) mass is 353 g/mol. The van der Waals surface area contributed by atoms with Gasteiger partial charge in [-0.15, -0.1) is 0 Å². The fourth-order valence-corrected chi connectivity index (χ4v) is 3.44. The number of aliphatic hydroxyl groups excluding tert-OH is 1. The normalized spacial score (nSPS) is 21.8. The van der Waals surface area contributed by atoms with E-state index in [9.17, 15) is 14.7 Å². The van der Waals surface area contributed by atoms with Gasteiger partial charge in [0.15, 0.2) is 12.0 Å². The van der Waals surface area contributed by atoms with Crippen molar-refractivity contribution in [3.63, 3.8) is 0 Å². The maximum absolute atomic E-state index is 13.1. The smallest absolute Gasteiger partial charge is 0.233 e. The Bertz CT molecular complexity index is 760. The highest BCUT2D eigenvalue weighted by Gasteiger charge is 2.56. The summed E-state index contributed by atoms with van der Waals surface area (Å²) in [5.41, 5.74) is 1.32. The number of rotatable bonds is 7. The second kappa shape index (κ2) is 7.81. The molecule has 2 unspecified atom stereocenters. The van der Waals surface area contributed by atoms with Gasteiger partial charge in [0.05, 0.1) is 12.0 Å². The summed E-state index contributed by atoms with van der Waals surface area (Å²) < 4.78 is 5.82. The van der Waals surface area contributed by atoms with Crippen molar-refractivity contribution in [2.24, 2.45) is 5.92 Å². The van der Waals surface area contributed by atoms with Crippen LogP contribution >= 0.6 is 0 Å². The van der Waals surface area contributed by atoms with Crippen LogP contribution in [0.25, 0.3) is 0 Å². The second-order valence-corrected chi connectivity index (χ2v) is 6.41. The van der Waals surface area contributed by atoms with E-state index in [1.165, 1.54) is 4.90 Å². The quantitative estimate of drug-likeness (QED) is 0.614. The van der Waals surface area contributed by atoms with Crippen molar-refractivity contribution in [2.45, 2.75) is 32.2 Å². The standard InChI is InChI=1S/C21H23NO4/c1-3-26-21(16-12-8-5-9-13-16)22-18(17(14(2)23)20(22)25)19(24)15-10-6-4-7-11-15/h4-14,17-18,21,23H,3H2,1-2H3/t14?,17-,18+,21?/m1/s1. The van der Waals surface area contributed by atoms with Crippen molar-refractivity contribution in [2.75, 3.05) is 6.61 Å². The van der Waals surface area contributed by atoms with Crippen LogP contribution in [0.3, 0.4) is 0 Å². The lowest BCUT2D eigenvalue weighted by Gasteiger charge is -2.50. The van der Waals surface area contributed by atoms with Gasteiger partial charge in [-0.1, -0.05) is 60.7 Å². The first-order chi connectivity index (χ1) is 12.6. The van der Waals surface area contributed by atoms with Crippen LogP contribution in [0.4, 0.5) is 0 Å². The Morgan fingerprint density at radius 1 is 1.12 bits per heavy atom. The molecular formula is C21H23NO4. The largest absolute Gasteiger partial charge is 0.392 e. The van der Waals surface area contributed by atoms with Crippen LogP contribution in [0.2, 0.25) is 0 Å². The highest BCUT2D eigenvalue weighted by Crippen LogP contribution is 2.39. The molecule has 5 nitrogen and oxygen atoms in total.